The fourth-order valence-electron chi connectivity index (χ4n) is 3.58. The number of rotatable bonds is 19. The summed E-state index contributed by atoms with van der Waals surface area (Å²) in [6.07, 6.45) is -0.790. The van der Waals surface area contributed by atoms with Crippen LogP contribution in [0.15, 0.2) is 0 Å². The number of aliphatic hydroxyl groups excluding tert-OH is 3. The number of aliphatic carboxylic acids is 1. The van der Waals surface area contributed by atoms with Crippen LogP contribution in [-0.4, -0.2) is 117 Å². The molecule has 14 N–H and O–H groups in total. The molecule has 0 aromatic rings. The molecule has 0 aliphatic heterocycles. The van der Waals surface area contributed by atoms with Crippen molar-refractivity contribution in [1.29, 1.82) is 0 Å². The van der Waals surface area contributed by atoms with Crippen LogP contribution in [0.3, 0.4) is 0 Å². The summed E-state index contributed by atoms with van der Waals surface area (Å²) in [7, 11) is 0. The molecule has 0 aliphatic carbocycles. The Hall–Kier alpha value is -2.73. The molecule has 0 heterocycles. The standard InChI is InChI=1S/C23H45N7O9/c1-12(32)17(28-19(34)14(26)7-3-5-9-24)20(35)29-18(13(2)33)22(37)30(16(11-31)23(38)39)21(36)15(27)8-4-6-10-25/h12-18,31-33H,3-11,24-27H2,1-2H3,(H,28,34)(H,29,35)(H,38,39)/t12-,13-,14+,15+,16+,17+,18+/m1/s1. The summed E-state index contributed by atoms with van der Waals surface area (Å²) >= 11 is 0. The molecular formula is C23H45N7O9. The molecule has 0 aliphatic rings. The van der Waals surface area contributed by atoms with Crippen LogP contribution in [0, 0.1) is 0 Å². The van der Waals surface area contributed by atoms with E-state index in [2.05, 4.69) is 10.6 Å². The maximum Gasteiger partial charge on any atom is 0.329 e. The molecule has 0 radical (unpaired) electrons. The molecule has 7 atom stereocenters. The van der Waals surface area contributed by atoms with Gasteiger partial charge in [0.1, 0.15) is 12.1 Å². The first-order valence-corrected chi connectivity index (χ1v) is 12.8. The van der Waals surface area contributed by atoms with Crippen molar-refractivity contribution in [2.45, 2.75) is 94.8 Å². The highest BCUT2D eigenvalue weighted by Gasteiger charge is 2.42. The van der Waals surface area contributed by atoms with E-state index in [0.717, 1.165) is 6.92 Å². The number of nitrogens with zero attached hydrogens (tertiary/aromatic N) is 1. The lowest BCUT2D eigenvalue weighted by molar-refractivity contribution is -0.163. The summed E-state index contributed by atoms with van der Waals surface area (Å²) in [5.74, 6) is -6.14. The summed E-state index contributed by atoms with van der Waals surface area (Å²) in [6, 6.07) is -7.97. The maximum atomic E-state index is 13.4. The topological polar surface area (TPSA) is 298 Å². The van der Waals surface area contributed by atoms with Gasteiger partial charge in [-0.25, -0.2) is 4.79 Å². The van der Waals surface area contributed by atoms with Gasteiger partial charge in [0.05, 0.1) is 30.9 Å². The van der Waals surface area contributed by atoms with Gasteiger partial charge < -0.3 is 54.0 Å². The summed E-state index contributed by atoms with van der Waals surface area (Å²) in [5.41, 5.74) is 22.5. The minimum absolute atomic E-state index is 0.0466. The lowest BCUT2D eigenvalue weighted by atomic mass is 10.0. The van der Waals surface area contributed by atoms with Gasteiger partial charge in [-0.2, -0.15) is 0 Å². The highest BCUT2D eigenvalue weighted by atomic mass is 16.4. The van der Waals surface area contributed by atoms with Crippen LogP contribution in [0.4, 0.5) is 0 Å². The Labute approximate surface area is 227 Å². The fourth-order valence-corrected chi connectivity index (χ4v) is 3.58. The Balaban J connectivity index is 5.96. The first-order chi connectivity index (χ1) is 18.2. The minimum Gasteiger partial charge on any atom is -0.480 e. The van der Waals surface area contributed by atoms with E-state index in [1.54, 1.807) is 0 Å². The predicted octanol–water partition coefficient (Wildman–Crippen LogP) is -4.57. The molecule has 0 unspecified atom stereocenters. The number of hydrogen-bond donors (Lipinski definition) is 10. The number of aliphatic hydroxyl groups is 3. The largest absolute Gasteiger partial charge is 0.480 e. The smallest absolute Gasteiger partial charge is 0.329 e. The summed E-state index contributed by atoms with van der Waals surface area (Å²) in [6.45, 7) is 1.82. The van der Waals surface area contributed by atoms with Gasteiger partial charge in [0.25, 0.3) is 5.91 Å². The lowest BCUT2D eigenvalue weighted by Gasteiger charge is -2.33. The highest BCUT2D eigenvalue weighted by molar-refractivity contribution is 6.04. The molecule has 0 spiro atoms. The SMILES string of the molecule is C[C@@H](O)[C@H](NC(=O)[C@@H](N)CCCCN)C(=O)N[C@H](C(=O)N(C(=O)[C@@H](N)CCCCN)[C@@H](CO)C(=O)O)[C@@H](C)O. The Morgan fingerprint density at radius 2 is 1.21 bits per heavy atom. The molecule has 0 aromatic carbocycles. The van der Waals surface area contributed by atoms with E-state index in [-0.39, 0.29) is 17.7 Å². The number of carbonyl (C=O) groups excluding carboxylic acids is 4. The van der Waals surface area contributed by atoms with Gasteiger partial charge in [-0.3, -0.25) is 24.1 Å². The molecular weight excluding hydrogens is 518 g/mol. The maximum absolute atomic E-state index is 13.4. The number of imide groups is 1. The van der Waals surface area contributed by atoms with Crippen LogP contribution >= 0.6 is 0 Å². The second-order valence-corrected chi connectivity index (χ2v) is 9.32. The highest BCUT2D eigenvalue weighted by Crippen LogP contribution is 2.12. The molecule has 226 valence electrons. The zero-order valence-corrected chi connectivity index (χ0v) is 22.5. The first kappa shape index (κ1) is 36.3. The number of carboxylic acids is 1. The van der Waals surface area contributed by atoms with Crippen molar-refractivity contribution in [2.75, 3.05) is 19.7 Å². The Morgan fingerprint density at radius 1 is 0.744 bits per heavy atom. The molecule has 0 bridgehead atoms. The van der Waals surface area contributed by atoms with Crippen molar-refractivity contribution in [3.8, 4) is 0 Å². The van der Waals surface area contributed by atoms with E-state index >= 15 is 0 Å². The second-order valence-electron chi connectivity index (χ2n) is 9.32. The van der Waals surface area contributed by atoms with Crippen LogP contribution in [-0.2, 0) is 24.0 Å². The van der Waals surface area contributed by atoms with Crippen molar-refractivity contribution >= 4 is 29.6 Å². The van der Waals surface area contributed by atoms with Gasteiger partial charge in [-0.05, 0) is 52.6 Å². The third kappa shape index (κ3) is 11.9. The van der Waals surface area contributed by atoms with E-state index in [1.807, 2.05) is 0 Å². The summed E-state index contributed by atoms with van der Waals surface area (Å²) in [5, 5.41) is 43.9. The average Bonchev–Trinajstić information content (AvgIpc) is 2.87. The molecule has 39 heavy (non-hydrogen) atoms. The van der Waals surface area contributed by atoms with Gasteiger partial charge in [0, 0.05) is 0 Å². The van der Waals surface area contributed by atoms with E-state index in [0.29, 0.717) is 38.8 Å². The van der Waals surface area contributed by atoms with Crippen LogP contribution in [0.5, 0.6) is 0 Å². The van der Waals surface area contributed by atoms with E-state index in [4.69, 9.17) is 22.9 Å². The molecule has 16 heteroatoms. The number of hydrogen-bond acceptors (Lipinski definition) is 12. The van der Waals surface area contributed by atoms with Crippen molar-refractivity contribution in [3.63, 3.8) is 0 Å². The van der Waals surface area contributed by atoms with Crippen LogP contribution in [0.2, 0.25) is 0 Å². The number of carbonyl (C=O) groups is 5. The molecule has 16 nitrogen and oxygen atoms in total. The van der Waals surface area contributed by atoms with Crippen molar-refractivity contribution < 1.29 is 44.4 Å². The normalized spacial score (nSPS) is 16.6. The van der Waals surface area contributed by atoms with Gasteiger partial charge >= 0.3 is 5.97 Å². The van der Waals surface area contributed by atoms with Crippen molar-refractivity contribution in [3.05, 3.63) is 0 Å². The Bertz CT molecular complexity index is 813. The van der Waals surface area contributed by atoms with Crippen molar-refractivity contribution in [1.82, 2.24) is 15.5 Å². The van der Waals surface area contributed by atoms with Crippen molar-refractivity contribution in [2.24, 2.45) is 22.9 Å². The Kier molecular flexibility index (Phi) is 17.2. The zero-order chi connectivity index (χ0) is 30.3. The fraction of sp³-hybridized carbons (Fsp3) is 0.783. The average molecular weight is 564 g/mol. The van der Waals surface area contributed by atoms with E-state index in [9.17, 15) is 44.4 Å². The molecule has 0 saturated carbocycles. The van der Waals surface area contributed by atoms with E-state index < -0.39 is 78.6 Å². The summed E-state index contributed by atoms with van der Waals surface area (Å²) < 4.78 is 0. The molecule has 0 aromatic heterocycles. The first-order valence-electron chi connectivity index (χ1n) is 12.8. The summed E-state index contributed by atoms with van der Waals surface area (Å²) in [4.78, 5) is 63.8. The number of amides is 4. The molecule has 4 amide bonds. The molecule has 0 fully saturated rings. The zero-order valence-electron chi connectivity index (χ0n) is 22.5. The van der Waals surface area contributed by atoms with E-state index in [1.165, 1.54) is 6.92 Å². The predicted molar refractivity (Wildman–Crippen MR) is 139 cm³/mol. The Morgan fingerprint density at radius 3 is 1.62 bits per heavy atom. The number of nitrogens with one attached hydrogen (secondary N) is 2. The van der Waals surface area contributed by atoms with Gasteiger partial charge in [0.15, 0.2) is 6.04 Å². The third-order valence-corrected chi connectivity index (χ3v) is 5.95. The third-order valence-electron chi connectivity index (χ3n) is 5.95. The van der Waals surface area contributed by atoms with Crippen LogP contribution in [0.1, 0.15) is 52.4 Å². The van der Waals surface area contributed by atoms with Gasteiger partial charge in [0.2, 0.25) is 17.7 Å². The number of unbranched alkanes of at least 4 members (excludes halogenated alkanes) is 2. The molecule has 0 rings (SSSR count). The second kappa shape index (κ2) is 18.5. The molecule has 0 saturated heterocycles. The van der Waals surface area contributed by atoms with Gasteiger partial charge in [-0.1, -0.05) is 12.8 Å². The lowest BCUT2D eigenvalue weighted by Crippen LogP contribution is -2.64. The number of nitrogens with two attached hydrogens (primary N) is 4. The van der Waals surface area contributed by atoms with Gasteiger partial charge in [-0.15, -0.1) is 0 Å². The monoisotopic (exact) mass is 563 g/mol. The van der Waals surface area contributed by atoms with Crippen LogP contribution in [0.25, 0.3) is 0 Å². The van der Waals surface area contributed by atoms with Crippen LogP contribution < -0.4 is 33.6 Å². The quantitative estimate of drug-likeness (QED) is 0.0663. The number of carboxylic acid groups (broad SMARTS) is 1. The minimum atomic E-state index is -2.07.